The summed E-state index contributed by atoms with van der Waals surface area (Å²) in [6.45, 7) is 7.07. The molecule has 0 unspecified atom stereocenters. The summed E-state index contributed by atoms with van der Waals surface area (Å²) >= 11 is 0. The van der Waals surface area contributed by atoms with Crippen LogP contribution in [0.15, 0.2) is 12.1 Å². The Bertz CT molecular complexity index is 393. The van der Waals surface area contributed by atoms with Gasteiger partial charge in [-0.1, -0.05) is 13.8 Å². The first-order valence-corrected chi connectivity index (χ1v) is 6.61. The SMILES string of the molecule is CCCNCc1cc2c(cc1OCCC)OCO2. The van der Waals surface area contributed by atoms with Gasteiger partial charge in [0, 0.05) is 18.2 Å². The first-order chi connectivity index (χ1) is 8.85. The summed E-state index contributed by atoms with van der Waals surface area (Å²) in [7, 11) is 0. The van der Waals surface area contributed by atoms with Crippen LogP contribution in [0.5, 0.6) is 17.2 Å². The normalized spacial score (nSPS) is 12.8. The number of nitrogens with one attached hydrogen (secondary N) is 1. The highest BCUT2D eigenvalue weighted by Gasteiger charge is 2.17. The molecule has 1 N–H and O–H groups in total. The van der Waals surface area contributed by atoms with Gasteiger partial charge in [0.15, 0.2) is 11.5 Å². The molecule has 18 heavy (non-hydrogen) atoms. The highest BCUT2D eigenvalue weighted by molar-refractivity contribution is 5.51. The molecule has 1 aromatic rings. The van der Waals surface area contributed by atoms with Crippen molar-refractivity contribution in [2.24, 2.45) is 0 Å². The zero-order valence-electron chi connectivity index (χ0n) is 11.1. The Morgan fingerprint density at radius 1 is 1.17 bits per heavy atom. The molecule has 0 saturated carbocycles. The number of hydrogen-bond acceptors (Lipinski definition) is 4. The van der Waals surface area contributed by atoms with Gasteiger partial charge in [-0.05, 0) is 25.5 Å². The van der Waals surface area contributed by atoms with Crippen molar-refractivity contribution in [1.82, 2.24) is 5.32 Å². The molecule has 4 heteroatoms. The van der Waals surface area contributed by atoms with Gasteiger partial charge in [-0.15, -0.1) is 0 Å². The molecule has 2 rings (SSSR count). The van der Waals surface area contributed by atoms with Crippen molar-refractivity contribution < 1.29 is 14.2 Å². The summed E-state index contributed by atoms with van der Waals surface area (Å²) in [5, 5.41) is 3.38. The molecule has 0 fully saturated rings. The average molecular weight is 251 g/mol. The Hall–Kier alpha value is -1.42. The van der Waals surface area contributed by atoms with Crippen molar-refractivity contribution >= 4 is 0 Å². The van der Waals surface area contributed by atoms with Crippen LogP contribution >= 0.6 is 0 Å². The van der Waals surface area contributed by atoms with E-state index in [4.69, 9.17) is 14.2 Å². The second-order valence-corrected chi connectivity index (χ2v) is 4.34. The molecule has 1 aromatic carbocycles. The minimum Gasteiger partial charge on any atom is -0.493 e. The average Bonchev–Trinajstić information content (AvgIpc) is 2.83. The van der Waals surface area contributed by atoms with Gasteiger partial charge in [-0.3, -0.25) is 0 Å². The van der Waals surface area contributed by atoms with Crippen LogP contribution in [-0.2, 0) is 6.54 Å². The Balaban J connectivity index is 2.12. The van der Waals surface area contributed by atoms with E-state index in [9.17, 15) is 0 Å². The molecule has 1 heterocycles. The molecular weight excluding hydrogens is 230 g/mol. The minimum absolute atomic E-state index is 0.300. The van der Waals surface area contributed by atoms with Crippen molar-refractivity contribution in [2.45, 2.75) is 33.2 Å². The molecule has 0 saturated heterocycles. The summed E-state index contributed by atoms with van der Waals surface area (Å²) in [6.07, 6.45) is 2.12. The number of rotatable bonds is 7. The fourth-order valence-corrected chi connectivity index (χ4v) is 1.85. The number of hydrogen-bond donors (Lipinski definition) is 1. The molecule has 0 radical (unpaired) electrons. The molecule has 1 aliphatic rings. The van der Waals surface area contributed by atoms with Gasteiger partial charge in [-0.2, -0.15) is 0 Å². The minimum atomic E-state index is 0.300. The highest BCUT2D eigenvalue weighted by atomic mass is 16.7. The molecule has 0 amide bonds. The van der Waals surface area contributed by atoms with Crippen molar-refractivity contribution in [2.75, 3.05) is 19.9 Å². The van der Waals surface area contributed by atoms with Crippen LogP contribution in [-0.4, -0.2) is 19.9 Å². The quantitative estimate of drug-likeness (QED) is 0.756. The van der Waals surface area contributed by atoms with Crippen LogP contribution < -0.4 is 19.5 Å². The van der Waals surface area contributed by atoms with E-state index >= 15 is 0 Å². The van der Waals surface area contributed by atoms with E-state index in [0.717, 1.165) is 55.4 Å². The second kappa shape index (κ2) is 6.50. The molecule has 100 valence electrons. The third-order valence-corrected chi connectivity index (χ3v) is 2.76. The van der Waals surface area contributed by atoms with Gasteiger partial charge in [0.25, 0.3) is 0 Å². The van der Waals surface area contributed by atoms with E-state index in [2.05, 4.69) is 19.2 Å². The Labute approximate surface area is 108 Å². The monoisotopic (exact) mass is 251 g/mol. The van der Waals surface area contributed by atoms with Gasteiger partial charge in [0.1, 0.15) is 5.75 Å². The van der Waals surface area contributed by atoms with Crippen LogP contribution in [0, 0.1) is 0 Å². The standard InChI is InChI=1S/C14H21NO3/c1-3-5-15-9-11-7-13-14(18-10-17-13)8-12(11)16-6-4-2/h7-8,15H,3-6,9-10H2,1-2H3. The Kier molecular flexibility index (Phi) is 4.70. The van der Waals surface area contributed by atoms with Gasteiger partial charge in [-0.25, -0.2) is 0 Å². The predicted molar refractivity (Wildman–Crippen MR) is 70.3 cm³/mol. The second-order valence-electron chi connectivity index (χ2n) is 4.34. The van der Waals surface area contributed by atoms with Gasteiger partial charge in [0.2, 0.25) is 6.79 Å². The number of ether oxygens (including phenoxy) is 3. The summed E-state index contributed by atoms with van der Waals surface area (Å²) in [5.41, 5.74) is 1.13. The zero-order valence-corrected chi connectivity index (χ0v) is 11.1. The van der Waals surface area contributed by atoms with Crippen LogP contribution in [0.25, 0.3) is 0 Å². The van der Waals surface area contributed by atoms with Gasteiger partial charge in [0.05, 0.1) is 6.61 Å². The van der Waals surface area contributed by atoms with E-state index in [1.54, 1.807) is 0 Å². The van der Waals surface area contributed by atoms with Gasteiger partial charge >= 0.3 is 0 Å². The number of benzene rings is 1. The van der Waals surface area contributed by atoms with E-state index in [1.165, 1.54) is 0 Å². The number of fused-ring (bicyclic) bond motifs is 1. The van der Waals surface area contributed by atoms with Crippen molar-refractivity contribution in [3.05, 3.63) is 17.7 Å². The third kappa shape index (κ3) is 3.07. The molecule has 0 bridgehead atoms. The van der Waals surface area contributed by atoms with Crippen molar-refractivity contribution in [1.29, 1.82) is 0 Å². The summed E-state index contributed by atoms with van der Waals surface area (Å²) < 4.78 is 16.5. The molecular formula is C14H21NO3. The largest absolute Gasteiger partial charge is 0.493 e. The van der Waals surface area contributed by atoms with E-state index < -0.39 is 0 Å². The Morgan fingerprint density at radius 2 is 1.94 bits per heavy atom. The highest BCUT2D eigenvalue weighted by Crippen LogP contribution is 2.38. The first kappa shape index (κ1) is 13.0. The molecule has 0 spiro atoms. The molecule has 0 aliphatic carbocycles. The van der Waals surface area contributed by atoms with E-state index in [1.807, 2.05) is 12.1 Å². The van der Waals surface area contributed by atoms with Crippen molar-refractivity contribution in [3.8, 4) is 17.2 Å². The third-order valence-electron chi connectivity index (χ3n) is 2.76. The van der Waals surface area contributed by atoms with Crippen LogP contribution in [0.4, 0.5) is 0 Å². The van der Waals surface area contributed by atoms with Crippen LogP contribution in [0.2, 0.25) is 0 Å². The lowest BCUT2D eigenvalue weighted by Gasteiger charge is -2.12. The lowest BCUT2D eigenvalue weighted by molar-refractivity contribution is 0.173. The summed E-state index contributed by atoms with van der Waals surface area (Å²) in [6, 6.07) is 3.94. The van der Waals surface area contributed by atoms with Crippen LogP contribution in [0.1, 0.15) is 32.3 Å². The topological polar surface area (TPSA) is 39.7 Å². The smallest absolute Gasteiger partial charge is 0.231 e. The lowest BCUT2D eigenvalue weighted by atomic mass is 10.1. The van der Waals surface area contributed by atoms with Gasteiger partial charge < -0.3 is 19.5 Å². The van der Waals surface area contributed by atoms with Crippen molar-refractivity contribution in [3.63, 3.8) is 0 Å². The maximum Gasteiger partial charge on any atom is 0.231 e. The van der Waals surface area contributed by atoms with Crippen LogP contribution in [0.3, 0.4) is 0 Å². The summed E-state index contributed by atoms with van der Waals surface area (Å²) in [5.74, 6) is 2.48. The molecule has 4 nitrogen and oxygen atoms in total. The van der Waals surface area contributed by atoms with E-state index in [-0.39, 0.29) is 0 Å². The Morgan fingerprint density at radius 3 is 2.67 bits per heavy atom. The predicted octanol–water partition coefficient (Wildman–Crippen LogP) is 2.70. The fraction of sp³-hybridized carbons (Fsp3) is 0.571. The maximum atomic E-state index is 5.77. The zero-order chi connectivity index (χ0) is 12.8. The fourth-order valence-electron chi connectivity index (χ4n) is 1.85. The first-order valence-electron chi connectivity index (χ1n) is 6.61. The maximum absolute atomic E-state index is 5.77. The lowest BCUT2D eigenvalue weighted by Crippen LogP contribution is -2.14. The summed E-state index contributed by atoms with van der Waals surface area (Å²) in [4.78, 5) is 0. The molecule has 1 aliphatic heterocycles. The van der Waals surface area contributed by atoms with E-state index in [0.29, 0.717) is 6.79 Å². The molecule has 0 aromatic heterocycles. The molecule has 0 atom stereocenters.